The van der Waals surface area contributed by atoms with Crippen LogP contribution in [0.3, 0.4) is 0 Å². The van der Waals surface area contributed by atoms with E-state index >= 15 is 4.39 Å². The van der Waals surface area contributed by atoms with E-state index in [2.05, 4.69) is 0 Å². The van der Waals surface area contributed by atoms with Crippen molar-refractivity contribution in [2.75, 3.05) is 31.1 Å². The van der Waals surface area contributed by atoms with Gasteiger partial charge in [0.05, 0.1) is 17.4 Å². The summed E-state index contributed by atoms with van der Waals surface area (Å²) >= 11 is 0. The number of pyridine rings is 1. The number of fused-ring (bicyclic) bond motifs is 1. The van der Waals surface area contributed by atoms with Crippen molar-refractivity contribution in [1.29, 1.82) is 0 Å². The van der Waals surface area contributed by atoms with Crippen LogP contribution in [0.4, 0.5) is 14.5 Å². The fraction of sp³-hybridized carbons (Fsp3) is 0.474. The maximum Gasteiger partial charge on any atom is 0.242 e. The van der Waals surface area contributed by atoms with E-state index in [0.29, 0.717) is 25.2 Å². The molecule has 26 heavy (non-hydrogen) atoms. The molecular weight excluding hydrogens is 340 g/mol. The Labute approximate surface area is 149 Å². The first-order valence-electron chi connectivity index (χ1n) is 8.98. The number of hydrogen-bond donors (Lipinski definition) is 0. The molecular formula is C19H21F2N3O2. The van der Waals surface area contributed by atoms with Gasteiger partial charge in [0.1, 0.15) is 11.5 Å². The molecule has 2 fully saturated rings. The molecule has 1 aliphatic carbocycles. The molecule has 4 rings (SSSR count). The SMILES string of the molecule is CCN1CCN(c2c(F)cc3c(=O)c(C)cn(C4CC4)c3c2F)CC1=O. The highest BCUT2D eigenvalue weighted by Crippen LogP contribution is 2.39. The van der Waals surface area contributed by atoms with Crippen LogP contribution in [-0.4, -0.2) is 41.6 Å². The second-order valence-electron chi connectivity index (χ2n) is 7.09. The minimum Gasteiger partial charge on any atom is -0.356 e. The molecule has 2 heterocycles. The molecule has 1 aromatic carbocycles. The van der Waals surface area contributed by atoms with E-state index in [9.17, 15) is 14.0 Å². The summed E-state index contributed by atoms with van der Waals surface area (Å²) in [5.74, 6) is -1.69. The lowest BCUT2D eigenvalue weighted by molar-refractivity contribution is -0.130. The number of anilines is 1. The van der Waals surface area contributed by atoms with E-state index < -0.39 is 11.6 Å². The van der Waals surface area contributed by atoms with Gasteiger partial charge in [-0.3, -0.25) is 9.59 Å². The van der Waals surface area contributed by atoms with Gasteiger partial charge in [-0.2, -0.15) is 0 Å². The first-order chi connectivity index (χ1) is 12.4. The Hall–Kier alpha value is -2.44. The van der Waals surface area contributed by atoms with Crippen molar-refractivity contribution < 1.29 is 13.6 Å². The van der Waals surface area contributed by atoms with Crippen LogP contribution in [0.5, 0.6) is 0 Å². The summed E-state index contributed by atoms with van der Waals surface area (Å²) in [6.07, 6.45) is 3.49. The minimum atomic E-state index is -0.794. The molecule has 2 aliphatic rings. The Balaban J connectivity index is 1.89. The van der Waals surface area contributed by atoms with Gasteiger partial charge in [-0.05, 0) is 32.8 Å². The van der Waals surface area contributed by atoms with Crippen molar-refractivity contribution in [3.05, 3.63) is 39.7 Å². The fourth-order valence-electron chi connectivity index (χ4n) is 3.73. The number of nitrogens with zero attached hydrogens (tertiary/aromatic N) is 3. The standard InChI is InChI=1S/C19H21F2N3O2/c1-3-22-6-7-23(10-15(22)25)18-14(20)8-13-17(16(18)21)24(12-4-5-12)9-11(2)19(13)26/h8-9,12H,3-7,10H2,1-2H3. The molecule has 1 amide bonds. The van der Waals surface area contributed by atoms with Crippen LogP contribution < -0.4 is 10.3 Å². The highest BCUT2D eigenvalue weighted by atomic mass is 19.1. The van der Waals surface area contributed by atoms with Crippen molar-refractivity contribution >= 4 is 22.5 Å². The zero-order valence-electron chi connectivity index (χ0n) is 14.9. The van der Waals surface area contributed by atoms with Gasteiger partial charge in [0, 0.05) is 37.4 Å². The maximum absolute atomic E-state index is 15.4. The average molecular weight is 361 g/mol. The van der Waals surface area contributed by atoms with Crippen molar-refractivity contribution in [1.82, 2.24) is 9.47 Å². The van der Waals surface area contributed by atoms with Crippen molar-refractivity contribution in [2.24, 2.45) is 0 Å². The number of amides is 1. The normalized spacial score (nSPS) is 18.1. The highest BCUT2D eigenvalue weighted by Gasteiger charge is 2.31. The molecule has 0 atom stereocenters. The lowest BCUT2D eigenvalue weighted by Crippen LogP contribution is -2.50. The lowest BCUT2D eigenvalue weighted by Gasteiger charge is -2.35. The van der Waals surface area contributed by atoms with E-state index in [0.717, 1.165) is 18.9 Å². The Morgan fingerprint density at radius 3 is 2.54 bits per heavy atom. The molecule has 0 unspecified atom stereocenters. The van der Waals surface area contributed by atoms with Crippen LogP contribution >= 0.6 is 0 Å². The minimum absolute atomic E-state index is 0.0628. The second-order valence-corrected chi connectivity index (χ2v) is 7.09. The summed E-state index contributed by atoms with van der Waals surface area (Å²) in [4.78, 5) is 27.7. The van der Waals surface area contributed by atoms with Crippen LogP contribution in [-0.2, 0) is 4.79 Å². The van der Waals surface area contributed by atoms with Gasteiger partial charge < -0.3 is 14.4 Å². The van der Waals surface area contributed by atoms with Gasteiger partial charge in [0.25, 0.3) is 0 Å². The topological polar surface area (TPSA) is 45.5 Å². The molecule has 1 saturated carbocycles. The quantitative estimate of drug-likeness (QED) is 0.844. The molecule has 1 aliphatic heterocycles. The van der Waals surface area contributed by atoms with Crippen LogP contribution in [0.1, 0.15) is 31.4 Å². The third-order valence-corrected chi connectivity index (χ3v) is 5.32. The molecule has 138 valence electrons. The summed E-state index contributed by atoms with van der Waals surface area (Å²) in [7, 11) is 0. The molecule has 1 saturated heterocycles. The Morgan fingerprint density at radius 2 is 1.92 bits per heavy atom. The molecule has 0 radical (unpaired) electrons. The highest BCUT2D eigenvalue weighted by molar-refractivity contribution is 5.88. The number of piperazine rings is 1. The largest absolute Gasteiger partial charge is 0.356 e. The smallest absolute Gasteiger partial charge is 0.242 e. The Kier molecular flexibility index (Phi) is 3.97. The molecule has 0 N–H and O–H groups in total. The van der Waals surface area contributed by atoms with Crippen LogP contribution in [0.25, 0.3) is 10.9 Å². The Morgan fingerprint density at radius 1 is 1.19 bits per heavy atom. The van der Waals surface area contributed by atoms with Crippen LogP contribution in [0, 0.1) is 18.6 Å². The zero-order valence-corrected chi connectivity index (χ0v) is 14.9. The monoisotopic (exact) mass is 361 g/mol. The summed E-state index contributed by atoms with van der Waals surface area (Å²) in [5.41, 5.74) is 0.0555. The number of hydrogen-bond acceptors (Lipinski definition) is 3. The predicted octanol–water partition coefficient (Wildman–Crippen LogP) is 2.59. The van der Waals surface area contributed by atoms with Gasteiger partial charge >= 0.3 is 0 Å². The summed E-state index contributed by atoms with van der Waals surface area (Å²) < 4.78 is 31.9. The third-order valence-electron chi connectivity index (χ3n) is 5.32. The third kappa shape index (κ3) is 2.57. The zero-order chi connectivity index (χ0) is 18.6. The van der Waals surface area contributed by atoms with E-state index in [1.807, 2.05) is 6.92 Å². The molecule has 0 bridgehead atoms. The molecule has 2 aromatic rings. The van der Waals surface area contributed by atoms with E-state index in [1.165, 1.54) is 4.90 Å². The first-order valence-corrected chi connectivity index (χ1v) is 8.98. The second kappa shape index (κ2) is 6.07. The molecule has 0 spiro atoms. The number of halogens is 2. The van der Waals surface area contributed by atoms with E-state index in [-0.39, 0.29) is 40.5 Å². The average Bonchev–Trinajstić information content (AvgIpc) is 3.43. The lowest BCUT2D eigenvalue weighted by atomic mass is 10.1. The molecule has 5 nitrogen and oxygen atoms in total. The van der Waals surface area contributed by atoms with E-state index in [1.54, 1.807) is 22.6 Å². The number of benzene rings is 1. The molecule has 7 heteroatoms. The predicted molar refractivity (Wildman–Crippen MR) is 95.6 cm³/mol. The van der Waals surface area contributed by atoms with Crippen molar-refractivity contribution in [3.63, 3.8) is 0 Å². The number of carbonyl (C=O) groups is 1. The van der Waals surface area contributed by atoms with Crippen LogP contribution in [0.2, 0.25) is 0 Å². The number of carbonyl (C=O) groups excluding carboxylic acids is 1. The summed E-state index contributed by atoms with van der Waals surface area (Å²) in [6, 6.07) is 1.27. The van der Waals surface area contributed by atoms with Crippen molar-refractivity contribution in [2.45, 2.75) is 32.7 Å². The maximum atomic E-state index is 15.4. The summed E-state index contributed by atoms with van der Waals surface area (Å²) in [5, 5.41) is 0.0640. The number of likely N-dealkylation sites (N-methyl/N-ethyl adjacent to an activating group) is 1. The van der Waals surface area contributed by atoms with Gasteiger partial charge in [-0.1, -0.05) is 0 Å². The number of rotatable bonds is 3. The van der Waals surface area contributed by atoms with Gasteiger partial charge in [0.15, 0.2) is 11.2 Å². The van der Waals surface area contributed by atoms with Crippen LogP contribution in [0.15, 0.2) is 17.1 Å². The summed E-state index contributed by atoms with van der Waals surface area (Å²) in [6.45, 7) is 4.84. The Bertz CT molecular complexity index is 966. The van der Waals surface area contributed by atoms with Gasteiger partial charge in [0.2, 0.25) is 5.91 Å². The fourth-order valence-corrected chi connectivity index (χ4v) is 3.73. The number of aromatic nitrogens is 1. The van der Waals surface area contributed by atoms with Gasteiger partial charge in [-0.25, -0.2) is 8.78 Å². The molecule has 1 aromatic heterocycles. The number of aryl methyl sites for hydroxylation is 1. The first kappa shape index (κ1) is 17.0. The van der Waals surface area contributed by atoms with Gasteiger partial charge in [-0.15, -0.1) is 0 Å². The van der Waals surface area contributed by atoms with E-state index in [4.69, 9.17) is 0 Å². The van der Waals surface area contributed by atoms with Crippen molar-refractivity contribution in [3.8, 4) is 0 Å².